The van der Waals surface area contributed by atoms with Crippen molar-refractivity contribution >= 4 is 22.4 Å². The van der Waals surface area contributed by atoms with Crippen LogP contribution in [-0.2, 0) is 10.0 Å². The van der Waals surface area contributed by atoms with E-state index in [-0.39, 0.29) is 23.3 Å². The van der Waals surface area contributed by atoms with E-state index in [0.717, 1.165) is 0 Å². The Morgan fingerprint density at radius 1 is 1.22 bits per heavy atom. The Hall–Kier alpha value is -1.02. The number of hydrogen-bond acceptors (Lipinski definition) is 5. The molecule has 1 aliphatic heterocycles. The van der Waals surface area contributed by atoms with Crippen molar-refractivity contribution in [2.75, 3.05) is 32.8 Å². The molecule has 0 bridgehead atoms. The van der Waals surface area contributed by atoms with Crippen LogP contribution in [0.15, 0.2) is 23.1 Å². The summed E-state index contributed by atoms with van der Waals surface area (Å²) in [6.45, 7) is 8.28. The average Bonchev–Trinajstić information content (AvgIpc) is 2.49. The van der Waals surface area contributed by atoms with Crippen molar-refractivity contribution in [3.05, 3.63) is 18.2 Å². The van der Waals surface area contributed by atoms with E-state index in [1.165, 1.54) is 4.31 Å². The molecule has 2 rings (SSSR count). The Labute approximate surface area is 144 Å². The molecular weight excluding hydrogens is 340 g/mol. The van der Waals surface area contributed by atoms with Crippen molar-refractivity contribution in [1.29, 1.82) is 0 Å². The van der Waals surface area contributed by atoms with Gasteiger partial charge in [0.2, 0.25) is 10.0 Å². The fourth-order valence-corrected chi connectivity index (χ4v) is 4.00. The summed E-state index contributed by atoms with van der Waals surface area (Å²) in [5.74, 6) is 1.03. The van der Waals surface area contributed by atoms with Gasteiger partial charge in [-0.2, -0.15) is 4.31 Å². The lowest BCUT2D eigenvalue weighted by atomic mass is 10.3. The van der Waals surface area contributed by atoms with E-state index in [1.54, 1.807) is 18.2 Å². The van der Waals surface area contributed by atoms with Gasteiger partial charge >= 0.3 is 0 Å². The first kappa shape index (κ1) is 20.0. The largest absolute Gasteiger partial charge is 0.490 e. The summed E-state index contributed by atoms with van der Waals surface area (Å²) in [4.78, 5) is 0.244. The van der Waals surface area contributed by atoms with E-state index in [1.807, 2.05) is 20.8 Å². The maximum Gasteiger partial charge on any atom is 0.243 e. The van der Waals surface area contributed by atoms with Crippen LogP contribution in [0.25, 0.3) is 0 Å². The molecule has 1 atom stereocenters. The van der Waals surface area contributed by atoms with Crippen molar-refractivity contribution in [3.63, 3.8) is 0 Å². The van der Waals surface area contributed by atoms with Gasteiger partial charge in [-0.15, -0.1) is 12.4 Å². The number of sulfonamides is 1. The van der Waals surface area contributed by atoms with E-state index in [2.05, 4.69) is 5.32 Å². The van der Waals surface area contributed by atoms with Gasteiger partial charge in [-0.3, -0.25) is 0 Å². The second-order valence-corrected chi connectivity index (χ2v) is 7.13. The van der Waals surface area contributed by atoms with Gasteiger partial charge in [-0.25, -0.2) is 8.42 Å². The van der Waals surface area contributed by atoms with Crippen LogP contribution in [0.1, 0.15) is 20.8 Å². The number of hydrogen-bond donors (Lipinski definition) is 1. The van der Waals surface area contributed by atoms with Crippen molar-refractivity contribution < 1.29 is 17.9 Å². The maximum atomic E-state index is 12.8. The average molecular weight is 365 g/mol. The lowest BCUT2D eigenvalue weighted by molar-refractivity contribution is 0.286. The molecule has 0 radical (unpaired) electrons. The van der Waals surface area contributed by atoms with Gasteiger partial charge in [-0.05, 0) is 32.9 Å². The summed E-state index contributed by atoms with van der Waals surface area (Å²) in [5, 5.41) is 3.24. The summed E-state index contributed by atoms with van der Waals surface area (Å²) >= 11 is 0. The highest BCUT2D eigenvalue weighted by atomic mass is 35.5. The first-order chi connectivity index (χ1) is 10.5. The van der Waals surface area contributed by atoms with Gasteiger partial charge < -0.3 is 14.8 Å². The molecule has 0 aliphatic carbocycles. The minimum Gasteiger partial charge on any atom is -0.490 e. The van der Waals surface area contributed by atoms with Crippen molar-refractivity contribution in [2.45, 2.75) is 31.7 Å². The highest BCUT2D eigenvalue weighted by Gasteiger charge is 2.29. The number of nitrogens with one attached hydrogen (secondary N) is 1. The summed E-state index contributed by atoms with van der Waals surface area (Å²) in [6, 6.07) is 4.94. The molecule has 1 N–H and O–H groups in total. The van der Waals surface area contributed by atoms with Gasteiger partial charge in [0.1, 0.15) is 0 Å². The Bertz CT molecular complexity index is 609. The Morgan fingerprint density at radius 3 is 2.48 bits per heavy atom. The first-order valence-electron chi connectivity index (χ1n) is 7.62. The summed E-state index contributed by atoms with van der Waals surface area (Å²) in [7, 11) is -3.51. The van der Waals surface area contributed by atoms with Crippen LogP contribution < -0.4 is 14.8 Å². The van der Waals surface area contributed by atoms with Gasteiger partial charge in [0, 0.05) is 31.7 Å². The lowest BCUT2D eigenvalue weighted by Gasteiger charge is -2.31. The maximum absolute atomic E-state index is 12.8. The van der Waals surface area contributed by atoms with Crippen LogP contribution in [-0.4, -0.2) is 51.6 Å². The molecule has 1 fully saturated rings. The van der Waals surface area contributed by atoms with Gasteiger partial charge in [0.25, 0.3) is 0 Å². The molecule has 0 aromatic heterocycles. The quantitative estimate of drug-likeness (QED) is 0.834. The zero-order valence-corrected chi connectivity index (χ0v) is 15.4. The van der Waals surface area contributed by atoms with Gasteiger partial charge in [-0.1, -0.05) is 0 Å². The third-order valence-corrected chi connectivity index (χ3v) is 5.35. The molecule has 1 aromatic rings. The smallest absolute Gasteiger partial charge is 0.243 e. The molecule has 8 heteroatoms. The number of nitrogens with zero attached hydrogens (tertiary/aromatic N) is 1. The van der Waals surface area contributed by atoms with E-state index in [9.17, 15) is 8.42 Å². The third-order valence-electron chi connectivity index (χ3n) is 3.48. The van der Waals surface area contributed by atoms with Crippen LogP contribution >= 0.6 is 12.4 Å². The number of benzene rings is 1. The van der Waals surface area contributed by atoms with Crippen LogP contribution in [0.5, 0.6) is 11.5 Å². The first-order valence-corrected chi connectivity index (χ1v) is 9.06. The topological polar surface area (TPSA) is 67.9 Å². The fourth-order valence-electron chi connectivity index (χ4n) is 2.46. The lowest BCUT2D eigenvalue weighted by Crippen LogP contribution is -2.51. The molecule has 1 unspecified atom stereocenters. The van der Waals surface area contributed by atoms with E-state index < -0.39 is 10.0 Å². The van der Waals surface area contributed by atoms with Crippen molar-refractivity contribution in [2.24, 2.45) is 0 Å². The predicted octanol–water partition coefficient (Wildman–Crippen LogP) is 1.89. The minimum atomic E-state index is -3.51. The number of halogens is 1. The molecule has 23 heavy (non-hydrogen) atoms. The molecular formula is C15H25ClN2O4S. The molecule has 0 amide bonds. The zero-order chi connectivity index (χ0) is 16.2. The van der Waals surface area contributed by atoms with Crippen LogP contribution in [0.2, 0.25) is 0 Å². The van der Waals surface area contributed by atoms with E-state index in [0.29, 0.717) is 44.3 Å². The highest BCUT2D eigenvalue weighted by molar-refractivity contribution is 7.89. The fraction of sp³-hybridized carbons (Fsp3) is 0.600. The Morgan fingerprint density at radius 2 is 1.87 bits per heavy atom. The Balaban J connectivity index is 0.00000264. The zero-order valence-electron chi connectivity index (χ0n) is 13.7. The third kappa shape index (κ3) is 4.73. The molecule has 0 saturated carbocycles. The minimum absolute atomic E-state index is 0. The van der Waals surface area contributed by atoms with Crippen LogP contribution in [0.3, 0.4) is 0 Å². The van der Waals surface area contributed by atoms with Crippen molar-refractivity contribution in [1.82, 2.24) is 9.62 Å². The second-order valence-electron chi connectivity index (χ2n) is 5.19. The molecule has 1 aliphatic rings. The monoisotopic (exact) mass is 364 g/mol. The van der Waals surface area contributed by atoms with Gasteiger partial charge in [0.15, 0.2) is 11.5 Å². The number of rotatable bonds is 6. The number of ether oxygens (including phenoxy) is 2. The Kier molecular flexibility index (Phi) is 7.60. The molecule has 1 aromatic carbocycles. The SMILES string of the molecule is CCOc1ccc(S(=O)(=O)N2CCNC(C)C2)cc1OCC.Cl. The van der Waals surface area contributed by atoms with E-state index in [4.69, 9.17) is 9.47 Å². The molecule has 132 valence electrons. The van der Waals surface area contributed by atoms with Crippen LogP contribution in [0.4, 0.5) is 0 Å². The normalized spacial score (nSPS) is 19.0. The standard InChI is InChI=1S/C15H24N2O4S.ClH/c1-4-20-14-7-6-13(10-15(14)21-5-2)22(18,19)17-9-8-16-12(3)11-17;/h6-7,10,12,16H,4-5,8-9,11H2,1-3H3;1H. The van der Waals surface area contributed by atoms with Gasteiger partial charge in [0.05, 0.1) is 18.1 Å². The van der Waals surface area contributed by atoms with E-state index >= 15 is 0 Å². The predicted molar refractivity (Wildman–Crippen MR) is 92.3 cm³/mol. The summed E-state index contributed by atoms with van der Waals surface area (Å²) in [6.07, 6.45) is 0. The van der Waals surface area contributed by atoms with Crippen LogP contribution in [0, 0.1) is 0 Å². The second kappa shape index (κ2) is 8.73. The summed E-state index contributed by atoms with van der Waals surface area (Å²) in [5.41, 5.74) is 0. The van der Waals surface area contributed by atoms with Crippen molar-refractivity contribution in [3.8, 4) is 11.5 Å². The molecule has 0 spiro atoms. The molecule has 6 nitrogen and oxygen atoms in total. The highest BCUT2D eigenvalue weighted by Crippen LogP contribution is 2.31. The summed E-state index contributed by atoms with van der Waals surface area (Å²) < 4.78 is 38.0. The molecule has 1 saturated heterocycles. The molecule has 1 heterocycles. The number of piperazine rings is 1.